The number of aliphatic hydroxyl groups excluding tert-OH is 1. The molecule has 0 amide bonds. The Hall–Kier alpha value is -0.560. The van der Waals surface area contributed by atoms with Crippen LogP contribution in [0.2, 0.25) is 0 Å². The Bertz CT molecular complexity index is 181. The lowest BCUT2D eigenvalue weighted by Gasteiger charge is -2.03. The van der Waals surface area contributed by atoms with Gasteiger partial charge in [-0.3, -0.25) is 0 Å². The summed E-state index contributed by atoms with van der Waals surface area (Å²) in [7, 11) is 0. The van der Waals surface area contributed by atoms with Crippen LogP contribution in [-0.4, -0.2) is 31.7 Å². The Morgan fingerprint density at radius 3 is 2.44 bits per heavy atom. The minimum absolute atomic E-state index is 0.134. The molecule has 0 atom stereocenters. The SMILES string of the molecule is CCCCCCOCOCCC#CCCO. The first-order valence-corrected chi connectivity index (χ1v) is 6.14. The number of aliphatic hydroxyl groups is 1. The summed E-state index contributed by atoms with van der Waals surface area (Å²) in [5.41, 5.74) is 0. The summed E-state index contributed by atoms with van der Waals surface area (Å²) in [5, 5.41) is 8.47. The summed E-state index contributed by atoms with van der Waals surface area (Å²) in [6.07, 6.45) is 6.15. The fourth-order valence-corrected chi connectivity index (χ4v) is 1.16. The zero-order valence-electron chi connectivity index (χ0n) is 10.3. The molecule has 1 N–H and O–H groups in total. The van der Waals surface area contributed by atoms with Gasteiger partial charge in [-0.05, 0) is 6.42 Å². The van der Waals surface area contributed by atoms with E-state index in [9.17, 15) is 0 Å². The van der Waals surface area contributed by atoms with E-state index in [1.165, 1.54) is 19.3 Å². The van der Waals surface area contributed by atoms with Crippen molar-refractivity contribution in [3.63, 3.8) is 0 Å². The van der Waals surface area contributed by atoms with Crippen LogP contribution in [0.15, 0.2) is 0 Å². The minimum atomic E-state index is 0.134. The third kappa shape index (κ3) is 13.4. The topological polar surface area (TPSA) is 38.7 Å². The highest BCUT2D eigenvalue weighted by atomic mass is 16.7. The molecular weight excluding hydrogens is 204 g/mol. The highest BCUT2D eigenvalue weighted by Crippen LogP contribution is 1.98. The fourth-order valence-electron chi connectivity index (χ4n) is 1.16. The van der Waals surface area contributed by atoms with Crippen LogP contribution in [0.4, 0.5) is 0 Å². The van der Waals surface area contributed by atoms with Gasteiger partial charge in [-0.1, -0.05) is 26.2 Å². The molecule has 94 valence electrons. The molecule has 0 unspecified atom stereocenters. The maximum Gasteiger partial charge on any atom is 0.146 e. The van der Waals surface area contributed by atoms with Gasteiger partial charge < -0.3 is 14.6 Å². The minimum Gasteiger partial charge on any atom is -0.395 e. The third-order valence-corrected chi connectivity index (χ3v) is 2.04. The van der Waals surface area contributed by atoms with Crippen LogP contribution in [-0.2, 0) is 9.47 Å². The molecule has 0 fully saturated rings. The van der Waals surface area contributed by atoms with E-state index < -0.39 is 0 Å². The van der Waals surface area contributed by atoms with Crippen molar-refractivity contribution in [2.75, 3.05) is 26.6 Å². The van der Waals surface area contributed by atoms with E-state index in [0.717, 1.165) is 13.0 Å². The Kier molecular flexibility index (Phi) is 13.9. The summed E-state index contributed by atoms with van der Waals surface area (Å²) in [6.45, 7) is 4.09. The predicted molar refractivity (Wildman–Crippen MR) is 65.0 cm³/mol. The molecule has 0 bridgehead atoms. The van der Waals surface area contributed by atoms with Gasteiger partial charge in [0.05, 0.1) is 13.2 Å². The number of hydrogen-bond acceptors (Lipinski definition) is 3. The Balaban J connectivity index is 2.96. The molecule has 16 heavy (non-hydrogen) atoms. The van der Waals surface area contributed by atoms with Crippen molar-refractivity contribution < 1.29 is 14.6 Å². The van der Waals surface area contributed by atoms with Crippen LogP contribution in [0.5, 0.6) is 0 Å². The van der Waals surface area contributed by atoms with Crippen molar-refractivity contribution >= 4 is 0 Å². The highest BCUT2D eigenvalue weighted by Gasteiger charge is 1.89. The van der Waals surface area contributed by atoms with Crippen molar-refractivity contribution in [2.24, 2.45) is 0 Å². The van der Waals surface area contributed by atoms with E-state index in [1.807, 2.05) is 0 Å². The second kappa shape index (κ2) is 14.4. The lowest BCUT2D eigenvalue weighted by atomic mass is 10.2. The molecular formula is C13H24O3. The summed E-state index contributed by atoms with van der Waals surface area (Å²) >= 11 is 0. The first-order valence-electron chi connectivity index (χ1n) is 6.14. The van der Waals surface area contributed by atoms with Crippen LogP contribution >= 0.6 is 0 Å². The van der Waals surface area contributed by atoms with Gasteiger partial charge in [0.15, 0.2) is 0 Å². The molecule has 0 radical (unpaired) electrons. The monoisotopic (exact) mass is 228 g/mol. The normalized spacial score (nSPS) is 9.88. The zero-order valence-corrected chi connectivity index (χ0v) is 10.3. The second-order valence-corrected chi connectivity index (χ2v) is 3.57. The second-order valence-electron chi connectivity index (χ2n) is 3.57. The maximum atomic E-state index is 8.47. The molecule has 0 aromatic carbocycles. The van der Waals surface area contributed by atoms with Crippen LogP contribution in [0.25, 0.3) is 0 Å². The Morgan fingerprint density at radius 1 is 0.938 bits per heavy atom. The standard InChI is InChI=1S/C13H24O3/c1-2-3-4-8-11-15-13-16-12-9-6-5-7-10-14/h14H,2-4,7-13H2,1H3. The average Bonchev–Trinajstić information content (AvgIpc) is 2.31. The van der Waals surface area contributed by atoms with Crippen molar-refractivity contribution in [3.05, 3.63) is 0 Å². The predicted octanol–water partition coefficient (Wildman–Crippen LogP) is 2.33. The highest BCUT2D eigenvalue weighted by molar-refractivity contribution is 4.98. The maximum absolute atomic E-state index is 8.47. The van der Waals surface area contributed by atoms with Gasteiger partial charge in [-0.25, -0.2) is 0 Å². The Morgan fingerprint density at radius 2 is 1.69 bits per heavy atom. The molecule has 0 aliphatic rings. The van der Waals surface area contributed by atoms with Crippen molar-refractivity contribution in [2.45, 2.75) is 45.4 Å². The molecule has 0 saturated carbocycles. The summed E-state index contributed by atoms with van der Waals surface area (Å²) in [6, 6.07) is 0. The van der Waals surface area contributed by atoms with E-state index >= 15 is 0 Å². The molecule has 0 aliphatic carbocycles. The largest absolute Gasteiger partial charge is 0.395 e. The molecule has 0 aromatic rings. The lowest BCUT2D eigenvalue weighted by Crippen LogP contribution is -2.02. The van der Waals surface area contributed by atoms with E-state index in [1.54, 1.807) is 0 Å². The van der Waals surface area contributed by atoms with Crippen LogP contribution in [0.3, 0.4) is 0 Å². The number of hydrogen-bond donors (Lipinski definition) is 1. The third-order valence-electron chi connectivity index (χ3n) is 2.04. The van der Waals surface area contributed by atoms with Gasteiger partial charge in [-0.2, -0.15) is 0 Å². The Labute approximate surface area is 99.1 Å². The van der Waals surface area contributed by atoms with E-state index in [4.69, 9.17) is 14.6 Å². The van der Waals surface area contributed by atoms with Crippen molar-refractivity contribution in [1.29, 1.82) is 0 Å². The van der Waals surface area contributed by atoms with Crippen LogP contribution in [0.1, 0.15) is 45.4 Å². The first-order chi connectivity index (χ1) is 7.91. The number of rotatable bonds is 10. The number of unbranched alkanes of at least 4 members (excludes halogenated alkanes) is 3. The molecule has 0 aliphatic heterocycles. The van der Waals surface area contributed by atoms with Crippen molar-refractivity contribution in [1.82, 2.24) is 0 Å². The molecule has 0 rings (SSSR count). The van der Waals surface area contributed by atoms with Crippen molar-refractivity contribution in [3.8, 4) is 11.8 Å². The summed E-state index contributed by atoms with van der Waals surface area (Å²) in [4.78, 5) is 0. The van der Waals surface area contributed by atoms with E-state index in [-0.39, 0.29) is 6.61 Å². The van der Waals surface area contributed by atoms with Gasteiger partial charge in [0, 0.05) is 19.4 Å². The molecule has 0 heterocycles. The molecule has 0 saturated heterocycles. The van der Waals surface area contributed by atoms with Gasteiger partial charge in [0.1, 0.15) is 6.79 Å². The average molecular weight is 228 g/mol. The fraction of sp³-hybridized carbons (Fsp3) is 0.846. The zero-order chi connectivity index (χ0) is 11.9. The van der Waals surface area contributed by atoms with Gasteiger partial charge >= 0.3 is 0 Å². The first kappa shape index (κ1) is 15.4. The lowest BCUT2D eigenvalue weighted by molar-refractivity contribution is -0.0527. The van der Waals surface area contributed by atoms with Gasteiger partial charge in [-0.15, -0.1) is 11.8 Å². The summed E-state index contributed by atoms with van der Waals surface area (Å²) < 4.78 is 10.5. The van der Waals surface area contributed by atoms with E-state index in [0.29, 0.717) is 26.2 Å². The molecule has 3 heteroatoms. The summed E-state index contributed by atoms with van der Waals surface area (Å²) in [5.74, 6) is 5.75. The molecule has 0 spiro atoms. The van der Waals surface area contributed by atoms with Gasteiger partial charge in [0.2, 0.25) is 0 Å². The number of ether oxygens (including phenoxy) is 2. The quantitative estimate of drug-likeness (QED) is 0.354. The van der Waals surface area contributed by atoms with Crippen LogP contribution < -0.4 is 0 Å². The smallest absolute Gasteiger partial charge is 0.146 e. The van der Waals surface area contributed by atoms with E-state index in [2.05, 4.69) is 18.8 Å². The van der Waals surface area contributed by atoms with Gasteiger partial charge in [0.25, 0.3) is 0 Å². The molecule has 0 aromatic heterocycles. The van der Waals surface area contributed by atoms with Crippen LogP contribution in [0, 0.1) is 11.8 Å². The molecule has 3 nitrogen and oxygen atoms in total.